The predicted octanol–water partition coefficient (Wildman–Crippen LogP) is 1.87. The zero-order valence-electron chi connectivity index (χ0n) is 21.2. The highest BCUT2D eigenvalue weighted by Crippen LogP contribution is 2.23. The van der Waals surface area contributed by atoms with Crippen LogP contribution in [0.4, 0.5) is 0 Å². The standard InChI is InChI=1S/C26H38N4O5S/c1-19(2)23(17-31)30(36(34,35)26-16-29(3)18-27-26)15-24(32)22(13-20-9-5-4-6-10-20)28-25(33)14-21-11-7-8-12-21/h4-7,9-11,16,18-19,21-24,31-32H,8,12-15,17H2,1-3H3,(H,28,33)/t21-,22?,23-,24?/m0/s1. The highest BCUT2D eigenvalue weighted by Gasteiger charge is 2.37. The zero-order valence-corrected chi connectivity index (χ0v) is 22.0. The van der Waals surface area contributed by atoms with Crippen LogP contribution in [0.2, 0.25) is 0 Å². The second-order valence-electron chi connectivity index (χ2n) is 9.85. The third kappa shape index (κ3) is 7.25. The SMILES string of the molecule is CC(C)[C@H](CO)N(CC(O)C(Cc1ccccc1)NC(=O)C[C@H]1C=CCC1)S(=O)(=O)c1cn(C)cn1. The Labute approximate surface area is 213 Å². The van der Waals surface area contributed by atoms with Gasteiger partial charge in [0, 0.05) is 26.2 Å². The molecule has 9 nitrogen and oxygen atoms in total. The third-order valence-corrected chi connectivity index (χ3v) is 8.39. The number of rotatable bonds is 13. The number of carbonyl (C=O) groups is 1. The number of nitrogens with zero attached hydrogens (tertiary/aromatic N) is 3. The van der Waals surface area contributed by atoms with Gasteiger partial charge in [0.05, 0.1) is 31.1 Å². The quantitative estimate of drug-likeness (QED) is 0.348. The fourth-order valence-corrected chi connectivity index (χ4v) is 6.26. The molecule has 198 valence electrons. The number of nitrogens with one attached hydrogen (secondary N) is 1. The van der Waals surface area contributed by atoms with Crippen LogP contribution in [-0.4, -0.2) is 69.7 Å². The second-order valence-corrected chi connectivity index (χ2v) is 11.7. The van der Waals surface area contributed by atoms with E-state index in [1.165, 1.54) is 17.1 Å². The van der Waals surface area contributed by atoms with E-state index in [-0.39, 0.29) is 29.3 Å². The third-order valence-electron chi connectivity index (χ3n) is 6.62. The number of aliphatic hydroxyl groups is 2. The van der Waals surface area contributed by atoms with Gasteiger partial charge in [0.25, 0.3) is 10.0 Å². The first-order chi connectivity index (χ1) is 17.1. The molecule has 4 atom stereocenters. The smallest absolute Gasteiger partial charge is 0.262 e. The van der Waals surface area contributed by atoms with Crippen molar-refractivity contribution in [2.75, 3.05) is 13.2 Å². The molecule has 0 saturated carbocycles. The number of allylic oxidation sites excluding steroid dienone is 2. The monoisotopic (exact) mass is 518 g/mol. The lowest BCUT2D eigenvalue weighted by Crippen LogP contribution is -2.54. The molecule has 1 aliphatic rings. The average molecular weight is 519 g/mol. The summed E-state index contributed by atoms with van der Waals surface area (Å²) in [5, 5.41) is 24.2. The lowest BCUT2D eigenvalue weighted by atomic mass is 9.98. The van der Waals surface area contributed by atoms with Crippen molar-refractivity contribution in [2.24, 2.45) is 18.9 Å². The molecule has 1 amide bonds. The second kappa shape index (κ2) is 12.6. The van der Waals surface area contributed by atoms with Gasteiger partial charge in [-0.25, -0.2) is 13.4 Å². The van der Waals surface area contributed by atoms with Crippen LogP contribution in [0.1, 0.15) is 38.7 Å². The maximum atomic E-state index is 13.6. The van der Waals surface area contributed by atoms with Gasteiger partial charge in [-0.1, -0.05) is 56.3 Å². The molecule has 1 aromatic carbocycles. The fourth-order valence-electron chi connectivity index (χ4n) is 4.52. The summed E-state index contributed by atoms with van der Waals surface area (Å²) in [6.07, 6.45) is 8.18. The molecule has 0 bridgehead atoms. The summed E-state index contributed by atoms with van der Waals surface area (Å²) in [4.78, 5) is 16.9. The van der Waals surface area contributed by atoms with Crippen molar-refractivity contribution in [3.05, 3.63) is 60.6 Å². The van der Waals surface area contributed by atoms with Gasteiger partial charge in [0.1, 0.15) is 0 Å². The van der Waals surface area contributed by atoms with Crippen LogP contribution in [0.15, 0.2) is 60.0 Å². The van der Waals surface area contributed by atoms with Crippen molar-refractivity contribution in [1.82, 2.24) is 19.2 Å². The van der Waals surface area contributed by atoms with Gasteiger partial charge < -0.3 is 20.1 Å². The minimum absolute atomic E-state index is 0.159. The number of aryl methyl sites for hydroxylation is 1. The molecule has 0 radical (unpaired) electrons. The number of carbonyl (C=O) groups excluding carboxylic acids is 1. The summed E-state index contributed by atoms with van der Waals surface area (Å²) < 4.78 is 29.8. The normalized spacial score (nSPS) is 18.5. The molecule has 1 heterocycles. The summed E-state index contributed by atoms with van der Waals surface area (Å²) in [5.74, 6) is -0.245. The van der Waals surface area contributed by atoms with Crippen LogP contribution < -0.4 is 5.32 Å². The van der Waals surface area contributed by atoms with Crippen LogP contribution in [0, 0.1) is 11.8 Å². The van der Waals surface area contributed by atoms with Gasteiger partial charge in [-0.2, -0.15) is 4.31 Å². The molecular formula is C26H38N4O5S. The predicted molar refractivity (Wildman–Crippen MR) is 137 cm³/mol. The molecule has 36 heavy (non-hydrogen) atoms. The van der Waals surface area contributed by atoms with Crippen LogP contribution in [0.3, 0.4) is 0 Å². The highest BCUT2D eigenvalue weighted by atomic mass is 32.2. The van der Waals surface area contributed by atoms with Gasteiger partial charge in [-0.05, 0) is 36.7 Å². The van der Waals surface area contributed by atoms with E-state index in [2.05, 4.69) is 16.4 Å². The minimum atomic E-state index is -4.13. The summed E-state index contributed by atoms with van der Waals surface area (Å²) >= 11 is 0. The van der Waals surface area contributed by atoms with Gasteiger partial charge in [0.2, 0.25) is 5.91 Å². The summed E-state index contributed by atoms with van der Waals surface area (Å²) in [5.41, 5.74) is 0.907. The molecule has 2 aromatic rings. The zero-order chi connectivity index (χ0) is 26.3. The number of imidazole rings is 1. The Morgan fingerprint density at radius 1 is 1.28 bits per heavy atom. The minimum Gasteiger partial charge on any atom is -0.395 e. The summed E-state index contributed by atoms with van der Waals surface area (Å²) in [6, 6.07) is 7.94. The van der Waals surface area contributed by atoms with Crippen LogP contribution >= 0.6 is 0 Å². The molecule has 3 N–H and O–H groups in total. The van der Waals surface area contributed by atoms with Crippen LogP contribution in [0.5, 0.6) is 0 Å². The first kappa shape index (κ1) is 28.0. The molecule has 0 saturated heterocycles. The van der Waals surface area contributed by atoms with E-state index in [9.17, 15) is 23.4 Å². The van der Waals surface area contributed by atoms with E-state index in [1.54, 1.807) is 7.05 Å². The van der Waals surface area contributed by atoms with Crippen molar-refractivity contribution in [1.29, 1.82) is 0 Å². The number of sulfonamides is 1. The van der Waals surface area contributed by atoms with E-state index in [0.29, 0.717) is 12.8 Å². The van der Waals surface area contributed by atoms with Crippen molar-refractivity contribution in [2.45, 2.75) is 62.7 Å². The fraction of sp³-hybridized carbons (Fsp3) is 0.538. The lowest BCUT2D eigenvalue weighted by molar-refractivity contribution is -0.123. The molecule has 3 rings (SSSR count). The largest absolute Gasteiger partial charge is 0.395 e. The number of hydrogen-bond acceptors (Lipinski definition) is 6. The number of benzene rings is 1. The Bertz CT molecular complexity index is 1120. The van der Waals surface area contributed by atoms with Gasteiger partial charge in [-0.3, -0.25) is 4.79 Å². The van der Waals surface area contributed by atoms with E-state index in [4.69, 9.17) is 0 Å². The van der Waals surface area contributed by atoms with Crippen molar-refractivity contribution in [3.63, 3.8) is 0 Å². The Kier molecular flexibility index (Phi) is 9.84. The molecule has 0 aliphatic heterocycles. The molecule has 0 spiro atoms. The van der Waals surface area contributed by atoms with Crippen molar-refractivity contribution in [3.8, 4) is 0 Å². The van der Waals surface area contributed by atoms with E-state index in [0.717, 1.165) is 22.7 Å². The Hall–Kier alpha value is -2.53. The topological polar surface area (TPSA) is 125 Å². The van der Waals surface area contributed by atoms with Crippen LogP contribution in [0.25, 0.3) is 0 Å². The molecule has 1 aliphatic carbocycles. The number of amides is 1. The Morgan fingerprint density at radius 3 is 2.56 bits per heavy atom. The van der Waals surface area contributed by atoms with Gasteiger partial charge >= 0.3 is 0 Å². The van der Waals surface area contributed by atoms with Crippen molar-refractivity contribution < 1.29 is 23.4 Å². The Morgan fingerprint density at radius 2 is 2.00 bits per heavy atom. The lowest BCUT2D eigenvalue weighted by Gasteiger charge is -2.35. The van der Waals surface area contributed by atoms with Crippen LogP contribution in [-0.2, 0) is 28.3 Å². The first-order valence-electron chi connectivity index (χ1n) is 12.4. The summed E-state index contributed by atoms with van der Waals surface area (Å²) in [6.45, 7) is 2.91. The maximum absolute atomic E-state index is 13.6. The summed E-state index contributed by atoms with van der Waals surface area (Å²) in [7, 11) is -2.46. The number of hydrogen-bond donors (Lipinski definition) is 3. The number of aliphatic hydroxyl groups excluding tert-OH is 2. The molecule has 10 heteroatoms. The van der Waals surface area contributed by atoms with E-state index in [1.807, 2.05) is 50.3 Å². The van der Waals surface area contributed by atoms with Crippen molar-refractivity contribution >= 4 is 15.9 Å². The van der Waals surface area contributed by atoms with Gasteiger partial charge in [-0.15, -0.1) is 0 Å². The van der Waals surface area contributed by atoms with E-state index < -0.39 is 34.8 Å². The molecule has 0 fully saturated rings. The van der Waals surface area contributed by atoms with E-state index >= 15 is 0 Å². The molecular weight excluding hydrogens is 480 g/mol. The van der Waals surface area contributed by atoms with Gasteiger partial charge in [0.15, 0.2) is 5.03 Å². The maximum Gasteiger partial charge on any atom is 0.262 e. The average Bonchev–Trinajstić information content (AvgIpc) is 3.51. The number of aromatic nitrogens is 2. The highest BCUT2D eigenvalue weighted by molar-refractivity contribution is 7.89. The molecule has 1 aromatic heterocycles. The molecule has 2 unspecified atom stereocenters. The first-order valence-corrected chi connectivity index (χ1v) is 13.8. The Balaban J connectivity index is 1.87.